The summed E-state index contributed by atoms with van der Waals surface area (Å²) in [5, 5.41) is 13.9. The van der Waals surface area contributed by atoms with Gasteiger partial charge in [0.15, 0.2) is 0 Å². The van der Waals surface area contributed by atoms with Crippen molar-refractivity contribution >= 4 is 93.4 Å². The van der Waals surface area contributed by atoms with Gasteiger partial charge in [0.2, 0.25) is 41.4 Å². The predicted octanol–water partition coefficient (Wildman–Crippen LogP) is 4.10. The van der Waals surface area contributed by atoms with E-state index in [0.717, 1.165) is 53.7 Å². The van der Waals surface area contributed by atoms with Crippen molar-refractivity contribution in [1.82, 2.24) is 31.5 Å². The molecular formula is C58H59N8O13PS. The van der Waals surface area contributed by atoms with Gasteiger partial charge in [0, 0.05) is 60.2 Å². The fraction of sp³-hybridized carbons (Fsp3) is 0.345. The number of thiophene rings is 1. The Balaban J connectivity index is 0.789. The number of unbranched alkanes of at least 4 members (excludes halogenated alkanes) is 5. The molecule has 9 rings (SSSR count). The number of imide groups is 1. The van der Waals surface area contributed by atoms with Crippen LogP contribution in [0, 0.1) is 11.8 Å². The molecule has 81 heavy (non-hydrogen) atoms. The smallest absolute Gasteiger partial charge is 0.370 e. The van der Waals surface area contributed by atoms with E-state index in [2.05, 4.69) is 38.4 Å². The first-order chi connectivity index (χ1) is 38.9. The van der Waals surface area contributed by atoms with E-state index in [-0.39, 0.29) is 67.3 Å². The Bertz CT molecular complexity index is 3500. The van der Waals surface area contributed by atoms with Crippen molar-refractivity contribution in [3.8, 4) is 11.8 Å². The van der Waals surface area contributed by atoms with Gasteiger partial charge in [-0.15, -0.1) is 11.3 Å². The van der Waals surface area contributed by atoms with Crippen molar-refractivity contribution in [3.05, 3.63) is 135 Å². The summed E-state index contributed by atoms with van der Waals surface area (Å²) in [4.78, 5) is 155. The molecular weight excluding hydrogens is 1080 g/mol. The summed E-state index contributed by atoms with van der Waals surface area (Å²) in [6.07, 6.45) is 5.13. The Labute approximate surface area is 469 Å². The number of carbonyl (C=O) groups is 10. The van der Waals surface area contributed by atoms with Gasteiger partial charge in [-0.3, -0.25) is 62.7 Å². The number of carbonyl (C=O) groups excluding carboxylic acids is 10. The number of nitrogens with zero attached hydrogens (tertiary/aromatic N) is 2. The summed E-state index contributed by atoms with van der Waals surface area (Å²) >= 11 is 1.05. The largest absolute Gasteiger partial charge is 0.396 e. The normalized spacial score (nSPS) is 18.1. The number of amides is 9. The quantitative estimate of drug-likeness (QED) is 0.0222. The zero-order valence-electron chi connectivity index (χ0n) is 43.9. The SMILES string of the molecule is NC(=O)CC[C@H](NC(=O)[C@@H]1Cc2cccc3c2N1C(=O)[C@@H](NC(=O)c1cc2cc(C(=O)P(=O)(O)O)ccc2s1)CC3)C(=O)N[C@H](C(=O)NCCCCCCCC#Cc1cccc2c1CN(C1CCC(=O)NC1=O)C2=O)c1ccccc1. The van der Waals surface area contributed by atoms with Crippen LogP contribution in [0.1, 0.15) is 135 Å². The Morgan fingerprint density at radius 3 is 2.35 bits per heavy atom. The molecule has 0 saturated carbocycles. The minimum Gasteiger partial charge on any atom is -0.370 e. The summed E-state index contributed by atoms with van der Waals surface area (Å²) < 4.78 is 12.2. The van der Waals surface area contributed by atoms with Crippen molar-refractivity contribution < 1.29 is 62.3 Å². The zero-order chi connectivity index (χ0) is 57.5. The maximum atomic E-state index is 14.6. The van der Waals surface area contributed by atoms with E-state index in [1.807, 2.05) is 18.2 Å². The molecule has 4 aliphatic heterocycles. The number of nitrogens with two attached hydrogens (primary N) is 1. The summed E-state index contributed by atoms with van der Waals surface area (Å²) in [5.74, 6) is 1.38. The van der Waals surface area contributed by atoms with Crippen LogP contribution in [0.3, 0.4) is 0 Å². The van der Waals surface area contributed by atoms with E-state index in [1.165, 1.54) is 34.1 Å². The molecule has 0 aliphatic carbocycles. The molecule has 1 aromatic heterocycles. The molecule has 4 aliphatic rings. The third-order valence-electron chi connectivity index (χ3n) is 14.8. The van der Waals surface area contributed by atoms with E-state index in [4.69, 9.17) is 5.73 Å². The predicted molar refractivity (Wildman–Crippen MR) is 297 cm³/mol. The van der Waals surface area contributed by atoms with Gasteiger partial charge < -0.3 is 41.7 Å². The third kappa shape index (κ3) is 13.1. The highest BCUT2D eigenvalue weighted by atomic mass is 32.1. The fourth-order valence-electron chi connectivity index (χ4n) is 10.7. The number of piperidine rings is 1. The molecule has 0 spiro atoms. The number of primary amides is 1. The molecule has 4 aromatic carbocycles. The van der Waals surface area contributed by atoms with Crippen LogP contribution >= 0.6 is 18.9 Å². The lowest BCUT2D eigenvalue weighted by Crippen LogP contribution is -2.57. The van der Waals surface area contributed by atoms with Crippen LogP contribution in [0.2, 0.25) is 0 Å². The Morgan fingerprint density at radius 1 is 0.827 bits per heavy atom. The highest BCUT2D eigenvalue weighted by Crippen LogP contribution is 2.41. The van der Waals surface area contributed by atoms with Crippen molar-refractivity contribution in [2.45, 2.75) is 120 Å². The number of aryl methyl sites for hydroxylation is 1. The van der Waals surface area contributed by atoms with Crippen LogP contribution in [0.4, 0.5) is 5.69 Å². The van der Waals surface area contributed by atoms with Gasteiger partial charge in [-0.05, 0) is 103 Å². The monoisotopic (exact) mass is 1140 g/mol. The second-order valence-electron chi connectivity index (χ2n) is 20.4. The first-order valence-corrected chi connectivity index (χ1v) is 29.1. The summed E-state index contributed by atoms with van der Waals surface area (Å²) in [6, 6.07) is 19.2. The third-order valence-corrected chi connectivity index (χ3v) is 16.7. The Kier molecular flexibility index (Phi) is 17.7. The molecule has 1 unspecified atom stereocenters. The molecule has 5 aromatic rings. The number of para-hydroxylation sites is 1. The van der Waals surface area contributed by atoms with E-state index in [0.29, 0.717) is 58.3 Å². The Hall–Kier alpha value is -8.35. The second-order valence-corrected chi connectivity index (χ2v) is 23.0. The lowest BCUT2D eigenvalue weighted by molar-refractivity contribution is -0.137. The number of benzene rings is 4. The number of hydrogen-bond donors (Lipinski definition) is 8. The zero-order valence-corrected chi connectivity index (χ0v) is 45.6. The van der Waals surface area contributed by atoms with Crippen LogP contribution in [0.25, 0.3) is 10.1 Å². The number of hydrogen-bond acceptors (Lipinski definition) is 12. The number of fused-ring (bicyclic) bond motifs is 2. The number of anilines is 1. The minimum absolute atomic E-state index is 0.0660. The summed E-state index contributed by atoms with van der Waals surface area (Å²) in [7, 11) is -5.06. The standard InChI is InChI=1S/C58H59N8O13PS/c59-47(67)26-23-41(61-53(71)44-30-36-18-11-17-35-20-22-42(57(75)66(44)50(35)36)62-54(72)46-31-38-29-37(21-25-45(38)81-46)58(76)80(77,78)79)51(69)64-49(34-14-8-6-9-15-34)55(73)60-28-10-5-3-1-2-4-7-13-33-16-12-19-39-40(33)32-65(56(39)74)43-24-27-48(68)63-52(43)70/h6,8-9,11-12,14-19,21,25,29,31,41-44,49H,1-5,10,20,22-24,26-28,30,32H2,(H2,59,67)(H,60,73)(H,61,71)(H,62,72)(H,64,69)(H,63,68,70)(H2,77,78,79)/t41-,42-,43?,44-,49-/m0/s1. The highest BCUT2D eigenvalue weighted by molar-refractivity contribution is 7.70. The van der Waals surface area contributed by atoms with E-state index in [1.54, 1.807) is 48.5 Å². The Morgan fingerprint density at radius 2 is 1.58 bits per heavy atom. The molecule has 0 bridgehead atoms. The minimum atomic E-state index is -5.06. The van der Waals surface area contributed by atoms with Crippen LogP contribution < -0.4 is 37.2 Å². The average molecular weight is 1140 g/mol. The van der Waals surface area contributed by atoms with E-state index < -0.39 is 84.7 Å². The van der Waals surface area contributed by atoms with Gasteiger partial charge in [0.1, 0.15) is 30.2 Å². The average Bonchev–Trinajstić information content (AvgIpc) is 3.98. The molecule has 5 atom stereocenters. The van der Waals surface area contributed by atoms with Gasteiger partial charge in [-0.1, -0.05) is 85.7 Å². The van der Waals surface area contributed by atoms with Crippen LogP contribution in [-0.4, -0.2) is 104 Å². The molecule has 1 saturated heterocycles. The van der Waals surface area contributed by atoms with Gasteiger partial charge in [0.25, 0.3) is 17.3 Å². The van der Waals surface area contributed by atoms with Gasteiger partial charge in [-0.2, -0.15) is 0 Å². The van der Waals surface area contributed by atoms with Gasteiger partial charge in [0.05, 0.1) is 10.6 Å². The number of nitrogens with one attached hydrogen (secondary N) is 5. The highest BCUT2D eigenvalue weighted by Gasteiger charge is 2.45. The molecule has 0 radical (unpaired) electrons. The molecule has 9 amide bonds. The van der Waals surface area contributed by atoms with Crippen LogP contribution in [-0.2, 0) is 57.5 Å². The molecule has 1 fully saturated rings. The van der Waals surface area contributed by atoms with Gasteiger partial charge >= 0.3 is 7.60 Å². The maximum Gasteiger partial charge on any atom is 0.396 e. The lowest BCUT2D eigenvalue weighted by Gasteiger charge is -2.29. The topological polar surface area (TPSA) is 321 Å². The second kappa shape index (κ2) is 25.0. The molecule has 9 N–H and O–H groups in total. The summed E-state index contributed by atoms with van der Waals surface area (Å²) in [5.41, 5.74) is 8.37. The summed E-state index contributed by atoms with van der Waals surface area (Å²) in [6.45, 7) is 0.547. The van der Waals surface area contributed by atoms with Crippen molar-refractivity contribution in [2.75, 3.05) is 11.4 Å². The van der Waals surface area contributed by atoms with Crippen LogP contribution in [0.5, 0.6) is 0 Å². The molecule has 420 valence electrons. The van der Waals surface area contributed by atoms with Crippen molar-refractivity contribution in [1.29, 1.82) is 0 Å². The first kappa shape index (κ1) is 57.3. The molecule has 5 heterocycles. The van der Waals surface area contributed by atoms with Gasteiger partial charge in [-0.25, -0.2) is 0 Å². The lowest BCUT2D eigenvalue weighted by atomic mass is 10.0. The van der Waals surface area contributed by atoms with Crippen molar-refractivity contribution in [2.24, 2.45) is 5.73 Å². The van der Waals surface area contributed by atoms with Crippen molar-refractivity contribution in [3.63, 3.8) is 0 Å². The van der Waals surface area contributed by atoms with E-state index >= 15 is 0 Å². The maximum absolute atomic E-state index is 14.6. The number of rotatable bonds is 21. The van der Waals surface area contributed by atoms with Crippen LogP contribution in [0.15, 0.2) is 91.0 Å². The van der Waals surface area contributed by atoms with E-state index in [9.17, 15) is 62.3 Å². The molecule has 21 nitrogen and oxygen atoms in total. The fourth-order valence-corrected chi connectivity index (χ4v) is 12.1. The first-order valence-electron chi connectivity index (χ1n) is 26.7. The molecule has 23 heteroatoms.